The van der Waals surface area contributed by atoms with Crippen LogP contribution in [0.3, 0.4) is 0 Å². The zero-order valence-corrected chi connectivity index (χ0v) is 16.9. The number of rotatable bonds is 4. The Morgan fingerprint density at radius 1 is 1.07 bits per heavy atom. The van der Waals surface area contributed by atoms with E-state index in [1.54, 1.807) is 21.9 Å². The maximum atomic E-state index is 12.5. The van der Waals surface area contributed by atoms with Gasteiger partial charge in [-0.2, -0.15) is 0 Å². The third-order valence-electron chi connectivity index (χ3n) is 4.82. The lowest BCUT2D eigenvalue weighted by Crippen LogP contribution is -2.53. The summed E-state index contributed by atoms with van der Waals surface area (Å²) in [7, 11) is 0. The van der Waals surface area contributed by atoms with Crippen molar-refractivity contribution in [3.8, 4) is 11.3 Å². The number of amides is 3. The van der Waals surface area contributed by atoms with Gasteiger partial charge in [-0.25, -0.2) is 9.78 Å². The van der Waals surface area contributed by atoms with E-state index in [-0.39, 0.29) is 11.9 Å². The molecule has 0 spiro atoms. The van der Waals surface area contributed by atoms with Crippen LogP contribution in [-0.2, 0) is 6.54 Å². The van der Waals surface area contributed by atoms with E-state index < -0.39 is 0 Å². The van der Waals surface area contributed by atoms with Crippen LogP contribution in [0, 0.1) is 6.92 Å². The number of hydrogen-bond donors (Lipinski definition) is 1. The number of benzene rings is 1. The van der Waals surface area contributed by atoms with Gasteiger partial charge in [0, 0.05) is 37.1 Å². The molecule has 3 aromatic rings. The SMILES string of the molecule is Cc1ccc(C(=O)N2CCN(C(=O)NCc3nc(-c4ccccc4)cs3)CC2)o1. The summed E-state index contributed by atoms with van der Waals surface area (Å²) < 4.78 is 5.40. The van der Waals surface area contributed by atoms with E-state index >= 15 is 0 Å². The van der Waals surface area contributed by atoms with Gasteiger partial charge in [-0.15, -0.1) is 11.3 Å². The van der Waals surface area contributed by atoms with Gasteiger partial charge in [-0.1, -0.05) is 30.3 Å². The molecule has 8 heteroatoms. The Morgan fingerprint density at radius 3 is 2.48 bits per heavy atom. The Labute approximate surface area is 173 Å². The summed E-state index contributed by atoms with van der Waals surface area (Å²) in [5.41, 5.74) is 1.98. The average molecular weight is 410 g/mol. The molecule has 2 aromatic heterocycles. The Hall–Kier alpha value is -3.13. The Balaban J connectivity index is 1.26. The van der Waals surface area contributed by atoms with Crippen LogP contribution in [-0.4, -0.2) is 52.9 Å². The lowest BCUT2D eigenvalue weighted by atomic mass is 10.2. The smallest absolute Gasteiger partial charge is 0.317 e. The van der Waals surface area contributed by atoms with Crippen LogP contribution in [0.4, 0.5) is 4.79 Å². The van der Waals surface area contributed by atoms with E-state index in [1.807, 2.05) is 42.6 Å². The predicted molar refractivity (Wildman–Crippen MR) is 111 cm³/mol. The number of aromatic nitrogens is 1. The maximum absolute atomic E-state index is 12.5. The second-order valence-corrected chi connectivity index (χ2v) is 7.78. The van der Waals surface area contributed by atoms with Gasteiger partial charge in [-0.05, 0) is 19.1 Å². The van der Waals surface area contributed by atoms with Gasteiger partial charge in [-0.3, -0.25) is 4.79 Å². The molecule has 1 saturated heterocycles. The topological polar surface area (TPSA) is 78.7 Å². The zero-order chi connectivity index (χ0) is 20.2. The monoisotopic (exact) mass is 410 g/mol. The van der Waals surface area contributed by atoms with E-state index in [2.05, 4.69) is 10.3 Å². The number of carbonyl (C=O) groups is 2. The van der Waals surface area contributed by atoms with Crippen LogP contribution in [0.5, 0.6) is 0 Å². The fourth-order valence-corrected chi connectivity index (χ4v) is 3.96. The van der Waals surface area contributed by atoms with Crippen molar-refractivity contribution in [2.75, 3.05) is 26.2 Å². The first kappa shape index (κ1) is 19.2. The molecule has 0 bridgehead atoms. The molecule has 1 fully saturated rings. The molecular formula is C21H22N4O3S. The third-order valence-corrected chi connectivity index (χ3v) is 5.67. The van der Waals surface area contributed by atoms with Gasteiger partial charge in [0.1, 0.15) is 10.8 Å². The summed E-state index contributed by atoms with van der Waals surface area (Å²) in [6, 6.07) is 13.3. The van der Waals surface area contributed by atoms with Crippen molar-refractivity contribution in [1.29, 1.82) is 0 Å². The maximum Gasteiger partial charge on any atom is 0.317 e. The molecule has 3 amide bonds. The van der Waals surface area contributed by atoms with Gasteiger partial charge in [0.2, 0.25) is 0 Å². The molecule has 4 rings (SSSR count). The Kier molecular flexibility index (Phi) is 5.62. The lowest BCUT2D eigenvalue weighted by molar-refractivity contribution is 0.0632. The first-order valence-corrected chi connectivity index (χ1v) is 10.4. The minimum absolute atomic E-state index is 0.130. The molecule has 0 saturated carbocycles. The van der Waals surface area contributed by atoms with E-state index in [0.29, 0.717) is 44.2 Å². The quantitative estimate of drug-likeness (QED) is 0.715. The number of aryl methyl sites for hydroxylation is 1. The molecule has 0 radical (unpaired) electrons. The number of carbonyl (C=O) groups excluding carboxylic acids is 2. The lowest BCUT2D eigenvalue weighted by Gasteiger charge is -2.34. The molecule has 7 nitrogen and oxygen atoms in total. The van der Waals surface area contributed by atoms with Crippen LogP contribution in [0.1, 0.15) is 21.3 Å². The Bertz CT molecular complexity index is 990. The summed E-state index contributed by atoms with van der Waals surface area (Å²) in [6.07, 6.45) is 0. The number of furan rings is 1. The molecule has 1 aliphatic rings. The van der Waals surface area contributed by atoms with Gasteiger partial charge in [0.25, 0.3) is 5.91 Å². The summed E-state index contributed by atoms with van der Waals surface area (Å²) in [5.74, 6) is 0.928. The zero-order valence-electron chi connectivity index (χ0n) is 16.1. The fourth-order valence-electron chi connectivity index (χ4n) is 3.21. The average Bonchev–Trinajstić information content (AvgIpc) is 3.41. The molecule has 29 heavy (non-hydrogen) atoms. The van der Waals surface area contributed by atoms with E-state index in [4.69, 9.17) is 4.42 Å². The highest BCUT2D eigenvalue weighted by Crippen LogP contribution is 2.21. The van der Waals surface area contributed by atoms with Crippen molar-refractivity contribution in [3.05, 3.63) is 64.4 Å². The molecule has 0 atom stereocenters. The number of piperazine rings is 1. The van der Waals surface area contributed by atoms with Crippen molar-refractivity contribution < 1.29 is 14.0 Å². The molecule has 3 heterocycles. The normalized spacial score (nSPS) is 14.1. The van der Waals surface area contributed by atoms with Gasteiger partial charge < -0.3 is 19.5 Å². The van der Waals surface area contributed by atoms with Crippen molar-refractivity contribution in [2.24, 2.45) is 0 Å². The number of nitrogens with one attached hydrogen (secondary N) is 1. The molecular weight excluding hydrogens is 388 g/mol. The molecule has 1 aromatic carbocycles. The van der Waals surface area contributed by atoms with E-state index in [0.717, 1.165) is 16.3 Å². The minimum Gasteiger partial charge on any atom is -0.456 e. The molecule has 1 aliphatic heterocycles. The first-order chi connectivity index (χ1) is 14.1. The van der Waals surface area contributed by atoms with Gasteiger partial charge in [0.15, 0.2) is 5.76 Å². The van der Waals surface area contributed by atoms with Crippen LogP contribution in [0.15, 0.2) is 52.3 Å². The highest BCUT2D eigenvalue weighted by Gasteiger charge is 2.26. The largest absolute Gasteiger partial charge is 0.456 e. The van der Waals surface area contributed by atoms with E-state index in [1.165, 1.54) is 11.3 Å². The van der Waals surface area contributed by atoms with Gasteiger partial charge in [0.05, 0.1) is 12.2 Å². The summed E-state index contributed by atoms with van der Waals surface area (Å²) in [5, 5.41) is 5.78. The predicted octanol–water partition coefficient (Wildman–Crippen LogP) is 3.38. The molecule has 0 aliphatic carbocycles. The van der Waals surface area contributed by atoms with Crippen LogP contribution >= 0.6 is 11.3 Å². The second-order valence-electron chi connectivity index (χ2n) is 6.84. The summed E-state index contributed by atoms with van der Waals surface area (Å²) in [4.78, 5) is 32.9. The number of hydrogen-bond acceptors (Lipinski definition) is 5. The van der Waals surface area contributed by atoms with Gasteiger partial charge >= 0.3 is 6.03 Å². The van der Waals surface area contributed by atoms with Crippen molar-refractivity contribution >= 4 is 23.3 Å². The highest BCUT2D eigenvalue weighted by molar-refractivity contribution is 7.09. The molecule has 150 valence electrons. The highest BCUT2D eigenvalue weighted by atomic mass is 32.1. The number of thiazole rings is 1. The Morgan fingerprint density at radius 2 is 1.79 bits per heavy atom. The summed E-state index contributed by atoms with van der Waals surface area (Å²) >= 11 is 1.53. The van der Waals surface area contributed by atoms with Crippen LogP contribution in [0.2, 0.25) is 0 Å². The number of nitrogens with zero attached hydrogens (tertiary/aromatic N) is 3. The van der Waals surface area contributed by atoms with E-state index in [9.17, 15) is 9.59 Å². The fraction of sp³-hybridized carbons (Fsp3) is 0.286. The van der Waals surface area contributed by atoms with Crippen LogP contribution < -0.4 is 5.32 Å². The molecule has 1 N–H and O–H groups in total. The van der Waals surface area contributed by atoms with Crippen molar-refractivity contribution in [2.45, 2.75) is 13.5 Å². The summed E-state index contributed by atoms with van der Waals surface area (Å²) in [6.45, 7) is 4.16. The standard InChI is InChI=1S/C21H22N4O3S/c1-15-7-8-18(28-15)20(26)24-9-11-25(12-10-24)21(27)22-13-19-23-17(14-29-19)16-5-3-2-4-6-16/h2-8,14H,9-13H2,1H3,(H,22,27). The van der Waals surface area contributed by atoms with Crippen molar-refractivity contribution in [1.82, 2.24) is 20.1 Å². The molecule has 0 unspecified atom stereocenters. The van der Waals surface area contributed by atoms with Crippen LogP contribution in [0.25, 0.3) is 11.3 Å². The van der Waals surface area contributed by atoms with Crippen molar-refractivity contribution in [3.63, 3.8) is 0 Å². The second kappa shape index (κ2) is 8.48. The first-order valence-electron chi connectivity index (χ1n) is 9.48. The third kappa shape index (κ3) is 4.48. The minimum atomic E-state index is -0.137. The number of urea groups is 1.